The fourth-order valence-corrected chi connectivity index (χ4v) is 3.04. The van der Waals surface area contributed by atoms with E-state index in [2.05, 4.69) is 50.8 Å². The zero-order valence-electron chi connectivity index (χ0n) is 10.5. The van der Waals surface area contributed by atoms with Gasteiger partial charge in [-0.2, -0.15) is 5.10 Å². The van der Waals surface area contributed by atoms with Gasteiger partial charge < -0.3 is 0 Å². The monoisotopic (exact) mass is 350 g/mol. The van der Waals surface area contributed by atoms with Gasteiger partial charge in [-0.1, -0.05) is 36.2 Å². The van der Waals surface area contributed by atoms with Gasteiger partial charge in [-0.15, -0.1) is 0 Å². The molecule has 0 spiro atoms. The van der Waals surface area contributed by atoms with E-state index in [1.165, 1.54) is 23.0 Å². The highest BCUT2D eigenvalue weighted by molar-refractivity contribution is 9.10. The molecule has 16 heavy (non-hydrogen) atoms. The van der Waals surface area contributed by atoms with E-state index in [-0.39, 0.29) is 0 Å². The average molecular weight is 352 g/mol. The van der Waals surface area contributed by atoms with E-state index < -0.39 is 0 Å². The van der Waals surface area contributed by atoms with Crippen molar-refractivity contribution in [2.75, 3.05) is 5.33 Å². The molecule has 1 heterocycles. The SMILES string of the molecule is CCCC(C)(CBr)Cc1c(Br)c(C)nn1C. The van der Waals surface area contributed by atoms with Gasteiger partial charge in [0.15, 0.2) is 0 Å². The predicted molar refractivity (Wildman–Crippen MR) is 76.2 cm³/mol. The third-order valence-electron chi connectivity index (χ3n) is 3.03. The van der Waals surface area contributed by atoms with Crippen LogP contribution in [-0.4, -0.2) is 15.1 Å². The molecular formula is C12H20Br2N2. The highest BCUT2D eigenvalue weighted by Crippen LogP contribution is 2.33. The van der Waals surface area contributed by atoms with Crippen molar-refractivity contribution >= 4 is 31.9 Å². The van der Waals surface area contributed by atoms with Crippen molar-refractivity contribution in [1.29, 1.82) is 0 Å². The van der Waals surface area contributed by atoms with Crippen LogP contribution in [-0.2, 0) is 13.5 Å². The van der Waals surface area contributed by atoms with Crippen molar-refractivity contribution in [2.24, 2.45) is 12.5 Å². The minimum atomic E-state index is 0.317. The Balaban J connectivity index is 2.93. The van der Waals surface area contributed by atoms with Crippen LogP contribution < -0.4 is 0 Å². The van der Waals surface area contributed by atoms with E-state index in [1.54, 1.807) is 0 Å². The zero-order chi connectivity index (χ0) is 12.3. The first-order valence-electron chi connectivity index (χ1n) is 5.67. The van der Waals surface area contributed by atoms with Crippen molar-refractivity contribution in [2.45, 2.75) is 40.0 Å². The molecule has 4 heteroatoms. The Hall–Kier alpha value is 0.170. The summed E-state index contributed by atoms with van der Waals surface area (Å²) in [5.41, 5.74) is 2.69. The van der Waals surface area contributed by atoms with Crippen LogP contribution in [0, 0.1) is 12.3 Å². The van der Waals surface area contributed by atoms with Crippen molar-refractivity contribution < 1.29 is 0 Å². The van der Waals surface area contributed by atoms with Crippen molar-refractivity contribution in [3.05, 3.63) is 15.9 Å². The minimum absolute atomic E-state index is 0.317. The molecule has 1 aromatic rings. The average Bonchev–Trinajstić information content (AvgIpc) is 2.46. The standard InChI is InChI=1S/C12H20Br2N2/c1-5-6-12(3,8-13)7-10-11(14)9(2)15-16(10)4/h5-8H2,1-4H3. The third kappa shape index (κ3) is 3.10. The Morgan fingerprint density at radius 2 is 2.06 bits per heavy atom. The van der Waals surface area contributed by atoms with E-state index in [4.69, 9.17) is 0 Å². The van der Waals surface area contributed by atoms with Crippen LogP contribution in [0.15, 0.2) is 4.47 Å². The van der Waals surface area contributed by atoms with Gasteiger partial charge in [0.1, 0.15) is 0 Å². The van der Waals surface area contributed by atoms with Gasteiger partial charge in [-0.05, 0) is 41.1 Å². The van der Waals surface area contributed by atoms with Crippen LogP contribution in [0.4, 0.5) is 0 Å². The van der Waals surface area contributed by atoms with Gasteiger partial charge in [0, 0.05) is 12.4 Å². The highest BCUT2D eigenvalue weighted by Gasteiger charge is 2.25. The van der Waals surface area contributed by atoms with Gasteiger partial charge in [0.05, 0.1) is 15.9 Å². The number of rotatable bonds is 5. The first kappa shape index (κ1) is 14.2. The molecule has 0 aromatic carbocycles. The van der Waals surface area contributed by atoms with Gasteiger partial charge >= 0.3 is 0 Å². The highest BCUT2D eigenvalue weighted by atomic mass is 79.9. The molecule has 0 amide bonds. The molecule has 0 radical (unpaired) electrons. The molecule has 0 bridgehead atoms. The topological polar surface area (TPSA) is 17.8 Å². The van der Waals surface area contributed by atoms with Crippen LogP contribution in [0.3, 0.4) is 0 Å². The molecule has 1 rings (SSSR count). The van der Waals surface area contributed by atoms with E-state index in [0.29, 0.717) is 5.41 Å². The zero-order valence-corrected chi connectivity index (χ0v) is 13.7. The fourth-order valence-electron chi connectivity index (χ4n) is 2.08. The summed E-state index contributed by atoms with van der Waals surface area (Å²) in [5, 5.41) is 5.48. The number of aryl methyl sites for hydroxylation is 2. The largest absolute Gasteiger partial charge is 0.271 e. The van der Waals surface area contributed by atoms with Gasteiger partial charge in [0.2, 0.25) is 0 Å². The number of hydrogen-bond donors (Lipinski definition) is 0. The van der Waals surface area contributed by atoms with Crippen LogP contribution in [0.1, 0.15) is 38.1 Å². The Labute approximate surface area is 115 Å². The smallest absolute Gasteiger partial charge is 0.0738 e. The molecule has 1 aromatic heterocycles. The molecule has 2 nitrogen and oxygen atoms in total. The maximum absolute atomic E-state index is 4.44. The first-order chi connectivity index (χ1) is 7.43. The molecular weight excluding hydrogens is 332 g/mol. The lowest BCUT2D eigenvalue weighted by molar-refractivity contribution is 0.331. The Kier molecular flexibility index (Phi) is 5.05. The molecule has 0 fully saturated rings. The molecule has 1 unspecified atom stereocenters. The molecule has 92 valence electrons. The Morgan fingerprint density at radius 3 is 2.44 bits per heavy atom. The second-order valence-electron chi connectivity index (χ2n) is 4.84. The number of halogens is 2. The van der Waals surface area contributed by atoms with Gasteiger partial charge in [0.25, 0.3) is 0 Å². The number of nitrogens with zero attached hydrogens (tertiary/aromatic N) is 2. The fraction of sp³-hybridized carbons (Fsp3) is 0.750. The molecule has 0 aliphatic carbocycles. The molecule has 0 aliphatic heterocycles. The van der Waals surface area contributed by atoms with Crippen molar-refractivity contribution in [3.63, 3.8) is 0 Å². The maximum Gasteiger partial charge on any atom is 0.0738 e. The summed E-state index contributed by atoms with van der Waals surface area (Å²) in [4.78, 5) is 0. The summed E-state index contributed by atoms with van der Waals surface area (Å²) in [7, 11) is 2.02. The van der Waals surface area contributed by atoms with Crippen LogP contribution in [0.5, 0.6) is 0 Å². The van der Waals surface area contributed by atoms with Crippen LogP contribution >= 0.6 is 31.9 Å². The summed E-state index contributed by atoms with van der Waals surface area (Å²) in [6.45, 7) is 6.61. The Morgan fingerprint density at radius 1 is 1.44 bits per heavy atom. The summed E-state index contributed by atoms with van der Waals surface area (Å²) >= 11 is 7.28. The second kappa shape index (κ2) is 5.67. The van der Waals surface area contributed by atoms with Gasteiger partial charge in [-0.3, -0.25) is 4.68 Å². The normalized spacial score (nSPS) is 15.1. The van der Waals surface area contributed by atoms with Crippen LogP contribution in [0.2, 0.25) is 0 Å². The number of aromatic nitrogens is 2. The third-order valence-corrected chi connectivity index (χ3v) is 5.42. The quantitative estimate of drug-likeness (QED) is 0.725. The summed E-state index contributed by atoms with van der Waals surface area (Å²) in [6.07, 6.45) is 3.51. The minimum Gasteiger partial charge on any atom is -0.271 e. The van der Waals surface area contributed by atoms with E-state index in [0.717, 1.165) is 17.4 Å². The number of alkyl halides is 1. The van der Waals surface area contributed by atoms with Crippen molar-refractivity contribution in [1.82, 2.24) is 9.78 Å². The van der Waals surface area contributed by atoms with Crippen molar-refractivity contribution in [3.8, 4) is 0 Å². The number of hydrogen-bond acceptors (Lipinski definition) is 1. The van der Waals surface area contributed by atoms with E-state index >= 15 is 0 Å². The lowest BCUT2D eigenvalue weighted by Gasteiger charge is -2.27. The lowest BCUT2D eigenvalue weighted by Crippen LogP contribution is -2.23. The van der Waals surface area contributed by atoms with Gasteiger partial charge in [-0.25, -0.2) is 0 Å². The second-order valence-corrected chi connectivity index (χ2v) is 6.19. The molecule has 0 aliphatic rings. The van der Waals surface area contributed by atoms with E-state index in [9.17, 15) is 0 Å². The molecule has 0 saturated carbocycles. The van der Waals surface area contributed by atoms with E-state index in [1.807, 2.05) is 18.7 Å². The first-order valence-corrected chi connectivity index (χ1v) is 7.59. The predicted octanol–water partition coefficient (Wildman–Crippen LogP) is 4.23. The maximum atomic E-state index is 4.44. The lowest BCUT2D eigenvalue weighted by atomic mass is 9.83. The molecule has 1 atom stereocenters. The Bertz CT molecular complexity index is 360. The summed E-state index contributed by atoms with van der Waals surface area (Å²) < 4.78 is 3.16. The van der Waals surface area contributed by atoms with Crippen LogP contribution in [0.25, 0.3) is 0 Å². The summed E-state index contributed by atoms with van der Waals surface area (Å²) in [5.74, 6) is 0. The molecule has 0 saturated heterocycles. The summed E-state index contributed by atoms with van der Waals surface area (Å²) in [6, 6.07) is 0. The molecule has 0 N–H and O–H groups in total.